The van der Waals surface area contributed by atoms with Crippen LogP contribution in [0.4, 0.5) is 0 Å². The van der Waals surface area contributed by atoms with Crippen molar-refractivity contribution in [2.24, 2.45) is 0 Å². The van der Waals surface area contributed by atoms with Gasteiger partial charge in [0.2, 0.25) is 0 Å². The zero-order chi connectivity index (χ0) is 10.7. The van der Waals surface area contributed by atoms with E-state index in [2.05, 4.69) is 22.2 Å². The molecule has 82 valence electrons. The summed E-state index contributed by atoms with van der Waals surface area (Å²) in [6.07, 6.45) is 4.95. The minimum Gasteiger partial charge on any atom is -0.307 e. The van der Waals surface area contributed by atoms with Gasteiger partial charge in [-0.05, 0) is 19.1 Å². The first-order chi connectivity index (χ1) is 7.25. The number of hydrogen-bond acceptors (Lipinski definition) is 4. The Morgan fingerprint density at radius 1 is 1.47 bits per heavy atom. The maximum Gasteiger partial charge on any atom is 0.0724 e. The number of nitrogens with zero attached hydrogens (tertiary/aromatic N) is 2. The fourth-order valence-corrected chi connectivity index (χ4v) is 2.97. The topological polar surface area (TPSA) is 37.8 Å². The Morgan fingerprint density at radius 3 is 2.93 bits per heavy atom. The van der Waals surface area contributed by atoms with Gasteiger partial charge in [-0.15, -0.1) is 0 Å². The largest absolute Gasteiger partial charge is 0.307 e. The summed E-state index contributed by atoms with van der Waals surface area (Å²) in [5.41, 5.74) is 2.01. The van der Waals surface area contributed by atoms with E-state index in [1.807, 2.05) is 31.1 Å². The number of thioether (sulfide) groups is 1. The highest BCUT2D eigenvalue weighted by molar-refractivity contribution is 8.00. The van der Waals surface area contributed by atoms with Crippen molar-refractivity contribution >= 4 is 11.8 Å². The third kappa shape index (κ3) is 2.92. The van der Waals surface area contributed by atoms with Gasteiger partial charge in [-0.3, -0.25) is 9.97 Å². The van der Waals surface area contributed by atoms with Gasteiger partial charge in [0.15, 0.2) is 0 Å². The average Bonchev–Trinajstić information content (AvgIpc) is 2.63. The van der Waals surface area contributed by atoms with Crippen LogP contribution in [0.1, 0.15) is 24.7 Å². The van der Waals surface area contributed by atoms with E-state index in [0.29, 0.717) is 6.04 Å². The molecule has 0 aliphatic carbocycles. The minimum absolute atomic E-state index is 0.637. The van der Waals surface area contributed by atoms with Crippen LogP contribution in [-0.2, 0) is 6.54 Å². The molecule has 0 saturated carbocycles. The number of aryl methyl sites for hydroxylation is 1. The van der Waals surface area contributed by atoms with Gasteiger partial charge in [-0.2, -0.15) is 11.8 Å². The molecule has 2 rings (SSSR count). The molecule has 1 saturated heterocycles. The molecule has 0 spiro atoms. The normalized spacial score (nSPS) is 25.7. The van der Waals surface area contributed by atoms with Crippen molar-refractivity contribution in [2.45, 2.75) is 38.1 Å². The van der Waals surface area contributed by atoms with Gasteiger partial charge < -0.3 is 5.32 Å². The van der Waals surface area contributed by atoms with Crippen LogP contribution in [0.5, 0.6) is 0 Å². The van der Waals surface area contributed by atoms with Crippen molar-refractivity contribution in [2.75, 3.05) is 5.75 Å². The lowest BCUT2D eigenvalue weighted by atomic mass is 10.2. The van der Waals surface area contributed by atoms with E-state index >= 15 is 0 Å². The van der Waals surface area contributed by atoms with Crippen molar-refractivity contribution in [3.8, 4) is 0 Å². The van der Waals surface area contributed by atoms with Crippen LogP contribution in [0.3, 0.4) is 0 Å². The SMILES string of the molecule is Cc1cnc(CNC2CCSC2C)cn1. The summed E-state index contributed by atoms with van der Waals surface area (Å²) in [4.78, 5) is 8.57. The van der Waals surface area contributed by atoms with E-state index in [-0.39, 0.29) is 0 Å². The third-order valence-corrected chi connectivity index (χ3v) is 4.08. The highest BCUT2D eigenvalue weighted by Crippen LogP contribution is 2.26. The maximum absolute atomic E-state index is 4.33. The Labute approximate surface area is 95.1 Å². The van der Waals surface area contributed by atoms with E-state index in [1.165, 1.54) is 12.2 Å². The van der Waals surface area contributed by atoms with Gasteiger partial charge >= 0.3 is 0 Å². The van der Waals surface area contributed by atoms with Gasteiger partial charge in [0.1, 0.15) is 0 Å². The molecule has 0 radical (unpaired) electrons. The smallest absolute Gasteiger partial charge is 0.0724 e. The summed E-state index contributed by atoms with van der Waals surface area (Å²) in [6, 6.07) is 0.637. The first-order valence-corrected chi connectivity index (χ1v) is 6.43. The van der Waals surface area contributed by atoms with Crippen LogP contribution < -0.4 is 5.32 Å². The van der Waals surface area contributed by atoms with Crippen LogP contribution >= 0.6 is 11.8 Å². The monoisotopic (exact) mass is 223 g/mol. The maximum atomic E-state index is 4.33. The van der Waals surface area contributed by atoms with Crippen LogP contribution in [-0.4, -0.2) is 27.0 Å². The Balaban J connectivity index is 1.85. The molecular weight excluding hydrogens is 206 g/mol. The predicted octanol–water partition coefficient (Wildman–Crippen LogP) is 1.77. The molecule has 0 amide bonds. The summed E-state index contributed by atoms with van der Waals surface area (Å²) in [7, 11) is 0. The van der Waals surface area contributed by atoms with Crippen molar-refractivity contribution in [1.29, 1.82) is 0 Å². The zero-order valence-electron chi connectivity index (χ0n) is 9.23. The van der Waals surface area contributed by atoms with Crippen molar-refractivity contribution in [3.63, 3.8) is 0 Å². The second kappa shape index (κ2) is 4.94. The number of hydrogen-bond donors (Lipinski definition) is 1. The standard InChI is InChI=1S/C11H17N3S/c1-8-5-13-10(6-12-8)7-14-11-3-4-15-9(11)2/h5-6,9,11,14H,3-4,7H2,1-2H3. The van der Waals surface area contributed by atoms with Gasteiger partial charge in [-0.25, -0.2) is 0 Å². The molecule has 15 heavy (non-hydrogen) atoms. The minimum atomic E-state index is 0.637. The zero-order valence-corrected chi connectivity index (χ0v) is 10.0. The molecule has 0 aromatic carbocycles. The molecular formula is C11H17N3S. The Bertz CT molecular complexity index is 312. The molecule has 0 bridgehead atoms. The third-order valence-electron chi connectivity index (χ3n) is 2.76. The van der Waals surface area contributed by atoms with Crippen LogP contribution in [0.25, 0.3) is 0 Å². The van der Waals surface area contributed by atoms with Crippen molar-refractivity contribution in [3.05, 3.63) is 23.8 Å². The summed E-state index contributed by atoms with van der Waals surface area (Å²) in [6.45, 7) is 5.08. The second-order valence-corrected chi connectivity index (χ2v) is 5.49. The molecule has 1 N–H and O–H groups in total. The highest BCUT2D eigenvalue weighted by Gasteiger charge is 2.23. The summed E-state index contributed by atoms with van der Waals surface area (Å²) in [5, 5.41) is 4.27. The second-order valence-electron chi connectivity index (χ2n) is 4.00. The lowest BCUT2D eigenvalue weighted by molar-refractivity contribution is 0.507. The molecule has 2 unspecified atom stereocenters. The first kappa shape index (κ1) is 10.9. The molecule has 1 aromatic rings. The first-order valence-electron chi connectivity index (χ1n) is 5.38. The van der Waals surface area contributed by atoms with Crippen molar-refractivity contribution < 1.29 is 0 Å². The van der Waals surface area contributed by atoms with E-state index in [9.17, 15) is 0 Å². The molecule has 4 heteroatoms. The molecule has 1 aliphatic rings. The summed E-state index contributed by atoms with van der Waals surface area (Å²) < 4.78 is 0. The van der Waals surface area contributed by atoms with Crippen LogP contribution in [0, 0.1) is 6.92 Å². The average molecular weight is 223 g/mol. The molecule has 1 aliphatic heterocycles. The predicted molar refractivity (Wildman–Crippen MR) is 63.9 cm³/mol. The number of aromatic nitrogens is 2. The lowest BCUT2D eigenvalue weighted by Gasteiger charge is -2.15. The van der Waals surface area contributed by atoms with E-state index in [1.54, 1.807) is 0 Å². The fraction of sp³-hybridized carbons (Fsp3) is 0.636. The van der Waals surface area contributed by atoms with Gasteiger partial charge in [0.25, 0.3) is 0 Å². The van der Waals surface area contributed by atoms with Gasteiger partial charge in [0, 0.05) is 30.2 Å². The fourth-order valence-electron chi connectivity index (χ4n) is 1.75. The molecule has 1 fully saturated rings. The molecule has 2 heterocycles. The van der Waals surface area contributed by atoms with E-state index < -0.39 is 0 Å². The molecule has 1 aromatic heterocycles. The lowest BCUT2D eigenvalue weighted by Crippen LogP contribution is -2.33. The molecule has 2 atom stereocenters. The quantitative estimate of drug-likeness (QED) is 0.847. The van der Waals surface area contributed by atoms with Crippen molar-refractivity contribution in [1.82, 2.24) is 15.3 Å². The Morgan fingerprint density at radius 2 is 2.33 bits per heavy atom. The number of rotatable bonds is 3. The Hall–Kier alpha value is -0.610. The van der Waals surface area contributed by atoms with Crippen LogP contribution in [0.15, 0.2) is 12.4 Å². The summed E-state index contributed by atoms with van der Waals surface area (Å²) >= 11 is 2.04. The van der Waals surface area contributed by atoms with E-state index in [4.69, 9.17) is 0 Å². The number of nitrogens with one attached hydrogen (secondary N) is 1. The highest BCUT2D eigenvalue weighted by atomic mass is 32.2. The van der Waals surface area contributed by atoms with E-state index in [0.717, 1.165) is 23.2 Å². The van der Waals surface area contributed by atoms with Crippen LogP contribution in [0.2, 0.25) is 0 Å². The molecule has 3 nitrogen and oxygen atoms in total. The Kier molecular flexibility index (Phi) is 3.59. The van der Waals surface area contributed by atoms with Gasteiger partial charge in [0.05, 0.1) is 11.4 Å². The van der Waals surface area contributed by atoms with Gasteiger partial charge in [-0.1, -0.05) is 6.92 Å². The summed E-state index contributed by atoms with van der Waals surface area (Å²) in [5.74, 6) is 1.28.